The van der Waals surface area contributed by atoms with E-state index < -0.39 is 0 Å². The van der Waals surface area contributed by atoms with Gasteiger partial charge in [0.05, 0.1) is 7.11 Å². The molecule has 1 rings (SSSR count). The van der Waals surface area contributed by atoms with Crippen LogP contribution in [0.4, 0.5) is 0 Å². The van der Waals surface area contributed by atoms with Crippen molar-refractivity contribution in [1.82, 2.24) is 0 Å². The van der Waals surface area contributed by atoms with Gasteiger partial charge in [0.25, 0.3) is 0 Å². The van der Waals surface area contributed by atoms with Crippen molar-refractivity contribution in [2.75, 3.05) is 7.11 Å². The molecule has 0 spiro atoms. The number of carbonyl (C=O) groups is 1. The van der Waals surface area contributed by atoms with E-state index in [4.69, 9.17) is 4.74 Å². The van der Waals surface area contributed by atoms with E-state index in [1.807, 2.05) is 6.08 Å². The van der Waals surface area contributed by atoms with Gasteiger partial charge in [0.2, 0.25) is 0 Å². The summed E-state index contributed by atoms with van der Waals surface area (Å²) < 4.78 is 4.90. The molecule has 0 radical (unpaired) electrons. The highest BCUT2D eigenvalue weighted by Crippen LogP contribution is 2.21. The molecule has 0 atom stereocenters. The Bertz CT molecular complexity index is 516. The van der Waals surface area contributed by atoms with Crippen LogP contribution >= 0.6 is 0 Å². The smallest absolute Gasteiger partial charge is 0.333 e. The van der Waals surface area contributed by atoms with E-state index in [0.717, 1.165) is 44.1 Å². The molecule has 0 heterocycles. The Morgan fingerprint density at radius 3 is 2.30 bits per heavy atom. The molecule has 0 amide bonds. The van der Waals surface area contributed by atoms with E-state index in [1.165, 1.54) is 23.8 Å². The Morgan fingerprint density at radius 2 is 1.65 bits per heavy atom. The van der Waals surface area contributed by atoms with Gasteiger partial charge < -0.3 is 4.74 Å². The Hall–Kier alpha value is -1.57. The summed E-state index contributed by atoms with van der Waals surface area (Å²) >= 11 is 0. The molecule has 128 valence electrons. The molecule has 0 aromatic rings. The van der Waals surface area contributed by atoms with Gasteiger partial charge in [0.15, 0.2) is 0 Å². The van der Waals surface area contributed by atoms with Gasteiger partial charge in [-0.3, -0.25) is 0 Å². The van der Waals surface area contributed by atoms with Crippen LogP contribution in [0.2, 0.25) is 0 Å². The Balaban J connectivity index is 2.98. The molecule has 0 saturated heterocycles. The second kappa shape index (κ2) is 10.3. The lowest BCUT2D eigenvalue weighted by atomic mass is 9.94. The van der Waals surface area contributed by atoms with Crippen molar-refractivity contribution in [3.8, 4) is 0 Å². The Labute approximate surface area is 142 Å². The Kier molecular flexibility index (Phi) is 8.68. The Morgan fingerprint density at radius 1 is 0.957 bits per heavy atom. The summed E-state index contributed by atoms with van der Waals surface area (Å²) in [6, 6.07) is 0. The van der Waals surface area contributed by atoms with E-state index in [0.29, 0.717) is 5.92 Å². The first-order valence-electron chi connectivity index (χ1n) is 8.73. The lowest BCUT2D eigenvalue weighted by Gasteiger charge is -2.12. The first kappa shape index (κ1) is 19.5. The van der Waals surface area contributed by atoms with E-state index in [-0.39, 0.29) is 5.97 Å². The van der Waals surface area contributed by atoms with Crippen LogP contribution in [-0.2, 0) is 9.53 Å². The van der Waals surface area contributed by atoms with Gasteiger partial charge >= 0.3 is 5.97 Å². The van der Waals surface area contributed by atoms with Crippen LogP contribution in [0, 0.1) is 5.92 Å². The summed E-state index contributed by atoms with van der Waals surface area (Å²) in [6.45, 7) is 8.88. The molecule has 2 nitrogen and oxygen atoms in total. The van der Waals surface area contributed by atoms with Gasteiger partial charge in [-0.25, -0.2) is 4.79 Å². The van der Waals surface area contributed by atoms with Gasteiger partial charge in [0.1, 0.15) is 0 Å². The van der Waals surface area contributed by atoms with Crippen LogP contribution in [-0.4, -0.2) is 13.1 Å². The topological polar surface area (TPSA) is 26.3 Å². The van der Waals surface area contributed by atoms with Crippen molar-refractivity contribution >= 4 is 5.97 Å². The van der Waals surface area contributed by atoms with E-state index in [2.05, 4.69) is 45.9 Å². The third-order valence-electron chi connectivity index (χ3n) is 4.41. The summed E-state index contributed by atoms with van der Waals surface area (Å²) in [5, 5.41) is 0. The molecule has 0 aromatic carbocycles. The van der Waals surface area contributed by atoms with Crippen molar-refractivity contribution in [3.63, 3.8) is 0 Å². The highest BCUT2D eigenvalue weighted by Gasteiger charge is 2.09. The van der Waals surface area contributed by atoms with Crippen LogP contribution in [0.25, 0.3) is 0 Å². The molecule has 0 bridgehead atoms. The zero-order valence-electron chi connectivity index (χ0n) is 15.4. The number of allylic oxidation sites excluding steroid dienone is 7. The number of carbonyl (C=O) groups excluding carboxylic acids is 1. The van der Waals surface area contributed by atoms with E-state index >= 15 is 0 Å². The highest BCUT2D eigenvalue weighted by molar-refractivity contribution is 5.88. The summed E-state index contributed by atoms with van der Waals surface area (Å²) in [6.07, 6.45) is 14.6. The van der Waals surface area contributed by atoms with Crippen molar-refractivity contribution in [3.05, 3.63) is 46.6 Å². The molecule has 0 aromatic heterocycles. The molecule has 0 aliphatic heterocycles. The number of ether oxygens (including phenoxy) is 1. The second-order valence-corrected chi connectivity index (χ2v) is 6.76. The maximum Gasteiger partial charge on any atom is 0.333 e. The van der Waals surface area contributed by atoms with Crippen molar-refractivity contribution in [2.24, 2.45) is 5.92 Å². The van der Waals surface area contributed by atoms with E-state index in [1.54, 1.807) is 0 Å². The maximum absolute atomic E-state index is 11.9. The maximum atomic E-state index is 11.9. The normalized spacial score (nSPS) is 27.4. The molecule has 0 unspecified atom stereocenters. The van der Waals surface area contributed by atoms with Crippen molar-refractivity contribution < 1.29 is 9.53 Å². The van der Waals surface area contributed by atoms with Crippen LogP contribution < -0.4 is 0 Å². The molecule has 2 heteroatoms. The lowest BCUT2D eigenvalue weighted by molar-refractivity contribution is -0.136. The molecule has 0 fully saturated rings. The summed E-state index contributed by atoms with van der Waals surface area (Å²) in [7, 11) is 1.46. The minimum Gasteiger partial charge on any atom is -0.466 e. The fourth-order valence-corrected chi connectivity index (χ4v) is 2.71. The average Bonchev–Trinajstić information content (AvgIpc) is 2.51. The predicted molar refractivity (Wildman–Crippen MR) is 98.2 cm³/mol. The van der Waals surface area contributed by atoms with E-state index in [9.17, 15) is 4.79 Å². The number of hydrogen-bond acceptors (Lipinski definition) is 2. The van der Waals surface area contributed by atoms with Gasteiger partial charge in [0, 0.05) is 5.57 Å². The van der Waals surface area contributed by atoms with Crippen molar-refractivity contribution in [2.45, 2.75) is 66.2 Å². The third-order valence-corrected chi connectivity index (χ3v) is 4.41. The molecule has 23 heavy (non-hydrogen) atoms. The summed E-state index contributed by atoms with van der Waals surface area (Å²) in [4.78, 5) is 11.9. The average molecular weight is 316 g/mol. The fourth-order valence-electron chi connectivity index (χ4n) is 2.71. The quantitative estimate of drug-likeness (QED) is 0.467. The van der Waals surface area contributed by atoms with Crippen molar-refractivity contribution in [1.29, 1.82) is 0 Å². The highest BCUT2D eigenvalue weighted by atomic mass is 16.5. The number of hydrogen-bond donors (Lipinski definition) is 0. The fraction of sp³-hybridized carbons (Fsp3) is 0.571. The first-order chi connectivity index (χ1) is 10.9. The number of esters is 1. The molecule has 1 aliphatic carbocycles. The van der Waals surface area contributed by atoms with Crippen LogP contribution in [0.3, 0.4) is 0 Å². The summed E-state index contributed by atoms with van der Waals surface area (Å²) in [5.41, 5.74) is 5.08. The second-order valence-electron chi connectivity index (χ2n) is 6.76. The van der Waals surface area contributed by atoms with Gasteiger partial charge in [-0.2, -0.15) is 0 Å². The third kappa shape index (κ3) is 7.49. The van der Waals surface area contributed by atoms with Crippen LogP contribution in [0.15, 0.2) is 46.6 Å². The number of methoxy groups -OCH3 is 1. The molecule has 1 aliphatic rings. The van der Waals surface area contributed by atoms with Crippen LogP contribution in [0.5, 0.6) is 0 Å². The SMILES string of the molecule is COC(=O)/C1=C\CC/C(C)=C/C=C(/C(C)C)CC/C(C)=C/CC1. The summed E-state index contributed by atoms with van der Waals surface area (Å²) in [5.74, 6) is 0.400. The molecular formula is C21H32O2. The minimum atomic E-state index is -0.188. The minimum absolute atomic E-state index is 0.188. The van der Waals surface area contributed by atoms with Gasteiger partial charge in [-0.15, -0.1) is 0 Å². The largest absolute Gasteiger partial charge is 0.466 e. The zero-order valence-corrected chi connectivity index (χ0v) is 15.4. The first-order valence-corrected chi connectivity index (χ1v) is 8.73. The standard InChI is InChI=1S/C21H32O2/c1-16(2)19-14-12-17(3)8-6-10-20(21(22)23-5)11-7-9-18(4)13-15-19/h8,11,13,15-16H,6-7,9-10,12,14H2,1-5H3/b17-8+,18-13+,19-15+,20-11-. The molecule has 0 saturated carbocycles. The molecular weight excluding hydrogens is 284 g/mol. The molecule has 0 N–H and O–H groups in total. The lowest BCUT2D eigenvalue weighted by Crippen LogP contribution is -2.05. The van der Waals surface area contributed by atoms with Crippen LogP contribution in [0.1, 0.15) is 66.2 Å². The zero-order chi connectivity index (χ0) is 17.2. The van der Waals surface area contributed by atoms with Gasteiger partial charge in [-0.05, 0) is 58.3 Å². The monoisotopic (exact) mass is 316 g/mol. The number of rotatable bonds is 2. The van der Waals surface area contributed by atoms with Gasteiger partial charge in [-0.1, -0.05) is 54.9 Å². The predicted octanol–water partition coefficient (Wildman–Crippen LogP) is 5.92.